The molecule has 0 aromatic heterocycles. The molecule has 1 saturated heterocycles. The lowest BCUT2D eigenvalue weighted by molar-refractivity contribution is -0.385. The van der Waals surface area contributed by atoms with Gasteiger partial charge >= 0.3 is 0 Å². The van der Waals surface area contributed by atoms with Crippen LogP contribution in [0.1, 0.15) is 27.1 Å². The maximum Gasteiger partial charge on any atom is 0.282 e. The average molecular weight is 623 g/mol. The van der Waals surface area contributed by atoms with Gasteiger partial charge in [-0.1, -0.05) is 44.0 Å². The number of nitrogens with zero attached hydrogens (tertiary/aromatic N) is 3. The second-order valence-corrected chi connectivity index (χ2v) is 11.2. The lowest BCUT2D eigenvalue weighted by Gasteiger charge is -2.30. The quantitative estimate of drug-likeness (QED) is 0.159. The summed E-state index contributed by atoms with van der Waals surface area (Å²) in [6.45, 7) is -0.738. The van der Waals surface area contributed by atoms with Crippen molar-refractivity contribution in [3.8, 4) is 0 Å². The highest BCUT2D eigenvalue weighted by atomic mass is 79.9. The van der Waals surface area contributed by atoms with Gasteiger partial charge < -0.3 is 0 Å². The molecule has 5 rings (SSSR count). The van der Waals surface area contributed by atoms with Crippen LogP contribution in [-0.4, -0.2) is 54.6 Å². The SMILES string of the molecule is O=C(CN(C(=O)c1ccccc1[N+](=O)[O-])N1C(=O)[C@@H]2[C@H]3C[C@@H]([C@H](Br)[C@@H]3Br)[C@@H]2C1=O)c1ccc(F)cc1. The molecule has 0 radical (unpaired) electrons. The number of imide groups is 1. The summed E-state index contributed by atoms with van der Waals surface area (Å²) >= 11 is 7.20. The van der Waals surface area contributed by atoms with Crippen LogP contribution in [0.4, 0.5) is 10.1 Å². The van der Waals surface area contributed by atoms with Gasteiger partial charge in [0.15, 0.2) is 5.78 Å². The topological polar surface area (TPSA) is 118 Å². The Bertz CT molecular complexity index is 1270. The largest absolute Gasteiger partial charge is 0.292 e. The van der Waals surface area contributed by atoms with E-state index in [9.17, 15) is 33.7 Å². The number of benzene rings is 2. The fraction of sp³-hybridized carbons (Fsp3) is 0.333. The second-order valence-electron chi connectivity index (χ2n) is 9.06. The smallest absolute Gasteiger partial charge is 0.282 e. The molecular weight excluding hydrogens is 605 g/mol. The Hall–Kier alpha value is -2.99. The molecule has 2 bridgehead atoms. The fourth-order valence-electron chi connectivity index (χ4n) is 5.62. The average Bonchev–Trinajstić information content (AvgIpc) is 3.47. The first-order chi connectivity index (χ1) is 17.1. The number of carbonyl (C=O) groups excluding carboxylic acids is 4. The highest BCUT2D eigenvalue weighted by molar-refractivity contribution is 9.12. The molecule has 1 aliphatic heterocycles. The van der Waals surface area contributed by atoms with Crippen molar-refractivity contribution in [2.24, 2.45) is 23.7 Å². The van der Waals surface area contributed by atoms with E-state index in [-0.39, 0.29) is 32.6 Å². The summed E-state index contributed by atoms with van der Waals surface area (Å²) in [7, 11) is 0. The van der Waals surface area contributed by atoms with Crippen LogP contribution in [0.15, 0.2) is 48.5 Å². The number of ketones is 1. The summed E-state index contributed by atoms with van der Waals surface area (Å²) in [5, 5.41) is 13.0. The third-order valence-electron chi connectivity index (χ3n) is 7.23. The highest BCUT2D eigenvalue weighted by Gasteiger charge is 2.67. The van der Waals surface area contributed by atoms with Gasteiger partial charge in [0.2, 0.25) is 0 Å². The van der Waals surface area contributed by atoms with Crippen LogP contribution in [0.3, 0.4) is 0 Å². The summed E-state index contributed by atoms with van der Waals surface area (Å²) in [5.41, 5.74) is -0.842. The number of alkyl halides is 2. The number of carbonyl (C=O) groups is 4. The van der Waals surface area contributed by atoms with Crippen LogP contribution in [0.5, 0.6) is 0 Å². The number of hydrazine groups is 1. The zero-order valence-corrected chi connectivity index (χ0v) is 21.6. The van der Waals surface area contributed by atoms with Gasteiger partial charge in [0, 0.05) is 21.3 Å². The van der Waals surface area contributed by atoms with Crippen molar-refractivity contribution in [1.82, 2.24) is 10.0 Å². The minimum atomic E-state index is -1.03. The Labute approximate surface area is 221 Å². The zero-order valence-electron chi connectivity index (χ0n) is 18.4. The van der Waals surface area contributed by atoms with E-state index in [1.54, 1.807) is 0 Å². The first-order valence-corrected chi connectivity index (χ1v) is 12.9. The predicted octanol–water partition coefficient (Wildman–Crippen LogP) is 3.75. The Morgan fingerprint density at radius 3 is 2.11 bits per heavy atom. The number of hydrogen-bond acceptors (Lipinski definition) is 6. The van der Waals surface area contributed by atoms with Crippen molar-refractivity contribution >= 4 is 61.1 Å². The zero-order chi connectivity index (χ0) is 25.9. The Morgan fingerprint density at radius 1 is 1.00 bits per heavy atom. The van der Waals surface area contributed by atoms with Gasteiger partial charge in [-0.15, -0.1) is 0 Å². The molecule has 36 heavy (non-hydrogen) atoms. The monoisotopic (exact) mass is 621 g/mol. The molecule has 3 aliphatic rings. The molecule has 0 N–H and O–H groups in total. The first-order valence-electron chi connectivity index (χ1n) is 11.1. The lowest BCUT2D eigenvalue weighted by Crippen LogP contribution is -2.52. The summed E-state index contributed by atoms with van der Waals surface area (Å²) < 4.78 is 13.4. The maximum atomic E-state index is 13.6. The first kappa shape index (κ1) is 24.7. The Morgan fingerprint density at radius 2 is 1.56 bits per heavy atom. The van der Waals surface area contributed by atoms with Gasteiger partial charge in [0.05, 0.1) is 16.8 Å². The molecule has 1 heterocycles. The standard InChI is InChI=1S/C24H18Br2FN3O6/c25-20-14-9-15(21(20)26)19-18(14)23(33)29(24(19)34)28(10-17(31)11-5-7-12(27)8-6-11)22(32)13-3-1-2-4-16(13)30(35)36/h1-8,14-15,18-21H,9-10H2/t14-,15-,18-,19+,20-,21+/m1/s1. The van der Waals surface area contributed by atoms with Gasteiger partial charge in [-0.25, -0.2) is 9.40 Å². The molecule has 2 aromatic rings. The van der Waals surface area contributed by atoms with E-state index < -0.39 is 58.3 Å². The number of amides is 3. The summed E-state index contributed by atoms with van der Waals surface area (Å²) in [4.78, 5) is 64.6. The summed E-state index contributed by atoms with van der Waals surface area (Å²) in [5.74, 6) is -5.09. The van der Waals surface area contributed by atoms with Crippen LogP contribution in [0.2, 0.25) is 0 Å². The van der Waals surface area contributed by atoms with Crippen LogP contribution in [0.25, 0.3) is 0 Å². The third kappa shape index (κ3) is 3.78. The normalized spacial score (nSPS) is 28.4. The van der Waals surface area contributed by atoms with Crippen molar-refractivity contribution in [3.63, 3.8) is 0 Å². The molecule has 12 heteroatoms. The Kier molecular flexibility index (Phi) is 6.27. The van der Waals surface area contributed by atoms with Gasteiger partial charge in [-0.3, -0.25) is 29.3 Å². The Balaban J connectivity index is 1.55. The molecule has 0 spiro atoms. The van der Waals surface area contributed by atoms with E-state index in [0.717, 1.165) is 18.2 Å². The summed E-state index contributed by atoms with van der Waals surface area (Å²) in [6, 6.07) is 9.70. The molecular formula is C24H18Br2FN3O6. The van der Waals surface area contributed by atoms with Crippen LogP contribution in [0, 0.1) is 39.6 Å². The second kappa shape index (κ2) is 9.15. The molecule has 2 saturated carbocycles. The third-order valence-corrected chi connectivity index (χ3v) is 10.4. The van der Waals surface area contributed by atoms with Crippen molar-refractivity contribution in [2.75, 3.05) is 6.54 Å². The maximum absolute atomic E-state index is 13.6. The van der Waals surface area contributed by atoms with E-state index in [2.05, 4.69) is 31.9 Å². The number of nitro benzene ring substituents is 1. The molecule has 3 amide bonds. The number of para-hydroxylation sites is 1. The van der Waals surface area contributed by atoms with Crippen molar-refractivity contribution < 1.29 is 28.5 Å². The fourth-order valence-corrected chi connectivity index (χ4v) is 7.49. The van der Waals surface area contributed by atoms with E-state index in [1.807, 2.05) is 0 Å². The summed E-state index contributed by atoms with van der Waals surface area (Å²) in [6.07, 6.45) is 0.666. The lowest BCUT2D eigenvalue weighted by atomic mass is 9.81. The molecule has 9 nitrogen and oxygen atoms in total. The number of nitro groups is 1. The highest BCUT2D eigenvalue weighted by Crippen LogP contribution is 2.60. The van der Waals surface area contributed by atoms with E-state index in [4.69, 9.17) is 0 Å². The molecule has 0 unspecified atom stereocenters. The van der Waals surface area contributed by atoms with Crippen LogP contribution in [-0.2, 0) is 9.59 Å². The number of hydrogen-bond donors (Lipinski definition) is 0. The molecule has 6 atom stereocenters. The predicted molar refractivity (Wildman–Crippen MR) is 131 cm³/mol. The number of fused-ring (bicyclic) bond motifs is 5. The van der Waals surface area contributed by atoms with Crippen LogP contribution >= 0.6 is 31.9 Å². The van der Waals surface area contributed by atoms with E-state index >= 15 is 0 Å². The van der Waals surface area contributed by atoms with Crippen molar-refractivity contribution in [3.05, 3.63) is 75.6 Å². The van der Waals surface area contributed by atoms with Crippen LogP contribution < -0.4 is 0 Å². The van der Waals surface area contributed by atoms with Gasteiger partial charge in [-0.2, -0.15) is 5.01 Å². The van der Waals surface area contributed by atoms with E-state index in [0.29, 0.717) is 16.4 Å². The minimum absolute atomic E-state index is 0.0411. The van der Waals surface area contributed by atoms with Gasteiger partial charge in [-0.05, 0) is 48.6 Å². The molecule has 2 aliphatic carbocycles. The number of Topliss-reactive ketones (excluding diaryl/α,β-unsaturated/α-hetero) is 1. The van der Waals surface area contributed by atoms with Gasteiger partial charge in [0.1, 0.15) is 17.9 Å². The molecule has 186 valence electrons. The van der Waals surface area contributed by atoms with Crippen molar-refractivity contribution in [2.45, 2.75) is 16.1 Å². The molecule has 3 fully saturated rings. The minimum Gasteiger partial charge on any atom is -0.292 e. The van der Waals surface area contributed by atoms with Gasteiger partial charge in [0.25, 0.3) is 23.4 Å². The van der Waals surface area contributed by atoms with Crippen molar-refractivity contribution in [1.29, 1.82) is 0 Å². The van der Waals surface area contributed by atoms with E-state index in [1.165, 1.54) is 30.3 Å². The molecule has 2 aromatic carbocycles. The number of rotatable bonds is 6. The number of halogens is 3.